The Labute approximate surface area is 201 Å². The molecule has 34 heavy (non-hydrogen) atoms. The molecule has 1 atom stereocenters. The van der Waals surface area contributed by atoms with Crippen molar-refractivity contribution in [3.8, 4) is 16.3 Å². The van der Waals surface area contributed by atoms with Crippen molar-refractivity contribution in [1.29, 1.82) is 0 Å². The van der Waals surface area contributed by atoms with Crippen LogP contribution in [0.25, 0.3) is 10.6 Å². The van der Waals surface area contributed by atoms with E-state index < -0.39 is 22.0 Å². The molecule has 0 saturated carbocycles. The largest absolute Gasteiger partial charge is 0.497 e. The molecule has 0 radical (unpaired) electrons. The zero-order valence-electron chi connectivity index (χ0n) is 18.2. The third-order valence-corrected chi connectivity index (χ3v) is 7.32. The Hall–Kier alpha value is -3.60. The van der Waals surface area contributed by atoms with Crippen molar-refractivity contribution in [3.63, 3.8) is 0 Å². The first-order valence-electron chi connectivity index (χ1n) is 10.3. The number of hydrogen-bond donors (Lipinski definition) is 2. The molecule has 4 aromatic rings. The Morgan fingerprint density at radius 1 is 0.941 bits per heavy atom. The number of rotatable bonds is 9. The first-order valence-corrected chi connectivity index (χ1v) is 12.6. The summed E-state index contributed by atoms with van der Waals surface area (Å²) >= 11 is 1.21. The van der Waals surface area contributed by atoms with E-state index in [1.807, 2.05) is 60.7 Å². The van der Waals surface area contributed by atoms with Crippen molar-refractivity contribution in [2.24, 2.45) is 0 Å². The van der Waals surface area contributed by atoms with Crippen LogP contribution in [-0.2, 0) is 21.2 Å². The molecule has 0 aliphatic rings. The molecule has 10 heteroatoms. The lowest BCUT2D eigenvalue weighted by molar-refractivity contribution is -0.117. The van der Waals surface area contributed by atoms with Crippen molar-refractivity contribution in [2.75, 3.05) is 12.4 Å². The summed E-state index contributed by atoms with van der Waals surface area (Å²) < 4.78 is 33.7. The van der Waals surface area contributed by atoms with Gasteiger partial charge in [0.25, 0.3) is 0 Å². The van der Waals surface area contributed by atoms with Crippen LogP contribution in [0.2, 0.25) is 0 Å². The molecule has 2 N–H and O–H groups in total. The van der Waals surface area contributed by atoms with Gasteiger partial charge in [0, 0.05) is 5.56 Å². The minimum Gasteiger partial charge on any atom is -0.497 e. The Kier molecular flexibility index (Phi) is 7.31. The maximum atomic E-state index is 13.2. The van der Waals surface area contributed by atoms with Gasteiger partial charge >= 0.3 is 0 Å². The van der Waals surface area contributed by atoms with E-state index in [0.29, 0.717) is 10.8 Å². The predicted molar refractivity (Wildman–Crippen MR) is 131 cm³/mol. The highest BCUT2D eigenvalue weighted by molar-refractivity contribution is 7.89. The molecule has 0 aliphatic heterocycles. The van der Waals surface area contributed by atoms with Crippen LogP contribution in [0.1, 0.15) is 5.56 Å². The van der Waals surface area contributed by atoms with E-state index in [1.54, 1.807) is 12.1 Å². The first kappa shape index (κ1) is 23.6. The Bertz CT molecular complexity index is 1340. The summed E-state index contributed by atoms with van der Waals surface area (Å²) in [7, 11) is -2.48. The van der Waals surface area contributed by atoms with E-state index >= 15 is 0 Å². The lowest BCUT2D eigenvalue weighted by Gasteiger charge is -2.18. The van der Waals surface area contributed by atoms with Crippen LogP contribution in [-0.4, -0.2) is 37.7 Å². The van der Waals surface area contributed by atoms with Crippen LogP contribution in [0.3, 0.4) is 0 Å². The van der Waals surface area contributed by atoms with Gasteiger partial charge in [-0.15, -0.1) is 10.2 Å². The van der Waals surface area contributed by atoms with E-state index in [1.165, 1.54) is 30.6 Å². The van der Waals surface area contributed by atoms with Gasteiger partial charge in [0.1, 0.15) is 16.8 Å². The fourth-order valence-electron chi connectivity index (χ4n) is 3.21. The molecule has 0 spiro atoms. The number of carbonyl (C=O) groups excluding carboxylic acids is 1. The molecule has 0 fully saturated rings. The maximum absolute atomic E-state index is 13.2. The highest BCUT2D eigenvalue weighted by atomic mass is 32.2. The van der Waals surface area contributed by atoms with Gasteiger partial charge < -0.3 is 4.74 Å². The number of amides is 1. The average molecular weight is 495 g/mol. The molecule has 3 aromatic carbocycles. The van der Waals surface area contributed by atoms with Gasteiger partial charge in [-0.3, -0.25) is 10.1 Å². The Morgan fingerprint density at radius 2 is 1.59 bits per heavy atom. The van der Waals surface area contributed by atoms with E-state index in [4.69, 9.17) is 4.74 Å². The molecule has 8 nitrogen and oxygen atoms in total. The summed E-state index contributed by atoms with van der Waals surface area (Å²) in [5, 5.41) is 11.8. The summed E-state index contributed by atoms with van der Waals surface area (Å²) in [6, 6.07) is 23.5. The van der Waals surface area contributed by atoms with Gasteiger partial charge in [0.05, 0.1) is 12.0 Å². The zero-order valence-corrected chi connectivity index (χ0v) is 19.8. The number of nitrogens with one attached hydrogen (secondary N) is 2. The number of aromatic nitrogens is 2. The molecule has 1 unspecified atom stereocenters. The third kappa shape index (κ3) is 5.84. The minimum atomic E-state index is -3.98. The Balaban J connectivity index is 1.55. The Morgan fingerprint density at radius 3 is 2.24 bits per heavy atom. The van der Waals surface area contributed by atoms with Crippen molar-refractivity contribution in [1.82, 2.24) is 14.9 Å². The third-order valence-electron chi connectivity index (χ3n) is 4.94. The fourth-order valence-corrected chi connectivity index (χ4v) is 5.16. The number of anilines is 1. The molecule has 1 heterocycles. The fraction of sp³-hybridized carbons (Fsp3) is 0.125. The monoisotopic (exact) mass is 494 g/mol. The summed E-state index contributed by atoms with van der Waals surface area (Å²) in [6.07, 6.45) is 0.159. The normalized spacial score (nSPS) is 12.1. The van der Waals surface area contributed by atoms with Crippen LogP contribution >= 0.6 is 11.3 Å². The standard InChI is InChI=1S/C24H22N4O4S2/c1-32-19-12-14-20(15-13-19)34(30,31)28-21(16-17-8-4-2-5-9-17)22(29)25-24-27-26-23(33-24)18-10-6-3-7-11-18/h2-15,21,28H,16H2,1H3,(H,25,27,29). The number of benzene rings is 3. The number of ether oxygens (including phenoxy) is 1. The first-order chi connectivity index (χ1) is 16.4. The van der Waals surface area contributed by atoms with E-state index in [2.05, 4.69) is 20.2 Å². The highest BCUT2D eigenvalue weighted by Crippen LogP contribution is 2.26. The quantitative estimate of drug-likeness (QED) is 0.367. The molecule has 0 aliphatic carbocycles. The molecule has 174 valence electrons. The van der Waals surface area contributed by atoms with Crippen molar-refractivity contribution < 1.29 is 17.9 Å². The molecule has 0 bridgehead atoms. The topological polar surface area (TPSA) is 110 Å². The van der Waals surface area contributed by atoms with Crippen molar-refractivity contribution >= 4 is 32.4 Å². The summed E-state index contributed by atoms with van der Waals surface area (Å²) in [5.41, 5.74) is 1.68. The minimum absolute atomic E-state index is 0.0291. The van der Waals surface area contributed by atoms with Crippen molar-refractivity contribution in [2.45, 2.75) is 17.4 Å². The molecule has 1 aromatic heterocycles. The van der Waals surface area contributed by atoms with Crippen LogP contribution in [0.15, 0.2) is 89.8 Å². The van der Waals surface area contributed by atoms with Gasteiger partial charge in [0.2, 0.25) is 21.1 Å². The summed E-state index contributed by atoms with van der Waals surface area (Å²) in [5.74, 6) is -0.000259. The van der Waals surface area contributed by atoms with Gasteiger partial charge in [-0.2, -0.15) is 4.72 Å². The number of carbonyl (C=O) groups is 1. The van der Waals surface area contributed by atoms with E-state index in [0.717, 1.165) is 11.1 Å². The van der Waals surface area contributed by atoms with Gasteiger partial charge in [-0.1, -0.05) is 72.0 Å². The second kappa shape index (κ2) is 10.6. The van der Waals surface area contributed by atoms with Crippen LogP contribution in [0.4, 0.5) is 5.13 Å². The summed E-state index contributed by atoms with van der Waals surface area (Å²) in [4.78, 5) is 13.2. The molecule has 0 saturated heterocycles. The second-order valence-electron chi connectivity index (χ2n) is 7.31. The van der Waals surface area contributed by atoms with Gasteiger partial charge in [-0.25, -0.2) is 8.42 Å². The van der Waals surface area contributed by atoms with Crippen LogP contribution in [0, 0.1) is 0 Å². The predicted octanol–water partition coefficient (Wildman–Crippen LogP) is 3.74. The van der Waals surface area contributed by atoms with Gasteiger partial charge in [-0.05, 0) is 36.2 Å². The molecule has 1 amide bonds. The number of hydrogen-bond acceptors (Lipinski definition) is 7. The van der Waals surface area contributed by atoms with Crippen LogP contribution in [0.5, 0.6) is 5.75 Å². The molecular formula is C24H22N4O4S2. The number of methoxy groups -OCH3 is 1. The van der Waals surface area contributed by atoms with Gasteiger partial charge in [0.15, 0.2) is 0 Å². The number of sulfonamides is 1. The van der Waals surface area contributed by atoms with Crippen LogP contribution < -0.4 is 14.8 Å². The molecular weight excluding hydrogens is 472 g/mol. The summed E-state index contributed by atoms with van der Waals surface area (Å²) in [6.45, 7) is 0. The SMILES string of the molecule is COc1ccc(S(=O)(=O)NC(Cc2ccccc2)C(=O)Nc2nnc(-c3ccccc3)s2)cc1. The average Bonchev–Trinajstić information content (AvgIpc) is 3.33. The number of nitrogens with zero attached hydrogens (tertiary/aromatic N) is 2. The van der Waals surface area contributed by atoms with Crippen molar-refractivity contribution in [3.05, 3.63) is 90.5 Å². The molecule has 4 rings (SSSR count). The van der Waals surface area contributed by atoms with E-state index in [9.17, 15) is 13.2 Å². The maximum Gasteiger partial charge on any atom is 0.244 e. The lowest BCUT2D eigenvalue weighted by atomic mass is 10.1. The highest BCUT2D eigenvalue weighted by Gasteiger charge is 2.27. The lowest BCUT2D eigenvalue weighted by Crippen LogP contribution is -2.45. The van der Waals surface area contributed by atoms with E-state index in [-0.39, 0.29) is 16.4 Å². The smallest absolute Gasteiger partial charge is 0.244 e. The second-order valence-corrected chi connectivity index (χ2v) is 10.00. The zero-order chi connectivity index (χ0) is 24.0.